The van der Waals surface area contributed by atoms with Crippen LogP contribution in [0.5, 0.6) is 0 Å². The fourth-order valence-electron chi connectivity index (χ4n) is 4.06. The van der Waals surface area contributed by atoms with Crippen LogP contribution in [0.4, 0.5) is 5.69 Å². The normalized spacial score (nSPS) is 20.1. The number of methoxy groups -OCH3 is 1. The van der Waals surface area contributed by atoms with Crippen molar-refractivity contribution in [2.45, 2.75) is 25.8 Å². The van der Waals surface area contributed by atoms with Gasteiger partial charge in [-0.15, -0.1) is 24.0 Å². The molecule has 1 saturated heterocycles. The highest BCUT2D eigenvalue weighted by molar-refractivity contribution is 14.0. The van der Waals surface area contributed by atoms with E-state index in [0.717, 1.165) is 51.6 Å². The van der Waals surface area contributed by atoms with E-state index in [1.165, 1.54) is 11.3 Å². The number of benzene rings is 1. The smallest absolute Gasteiger partial charge is 0.193 e. The second-order valence-electron chi connectivity index (χ2n) is 7.52. The summed E-state index contributed by atoms with van der Waals surface area (Å²) < 4.78 is 10.7. The zero-order valence-corrected chi connectivity index (χ0v) is 19.7. The Hall–Kier alpha value is -1.06. The molecule has 1 aromatic rings. The molecule has 158 valence electrons. The Morgan fingerprint density at radius 3 is 2.89 bits per heavy atom. The fraction of sp³-hybridized carbons (Fsp3) is 0.667. The highest BCUT2D eigenvalue weighted by atomic mass is 127. The molecule has 0 amide bonds. The molecule has 0 radical (unpaired) electrons. The van der Waals surface area contributed by atoms with E-state index in [0.29, 0.717) is 25.2 Å². The molecule has 0 saturated carbocycles. The van der Waals surface area contributed by atoms with Gasteiger partial charge in [-0.1, -0.05) is 18.2 Å². The maximum atomic E-state index is 5.70. The molecular formula is C21H35IN4O2. The number of nitrogens with one attached hydrogen (secondary N) is 1. The minimum absolute atomic E-state index is 0. The van der Waals surface area contributed by atoms with E-state index in [1.54, 1.807) is 7.11 Å². The first-order valence-electron chi connectivity index (χ1n) is 10.1. The van der Waals surface area contributed by atoms with Crippen LogP contribution in [0.1, 0.15) is 18.9 Å². The third kappa shape index (κ3) is 5.97. The highest BCUT2D eigenvalue weighted by Crippen LogP contribution is 2.29. The number of hydrogen-bond acceptors (Lipinski definition) is 4. The van der Waals surface area contributed by atoms with E-state index in [-0.39, 0.29) is 24.0 Å². The summed E-state index contributed by atoms with van der Waals surface area (Å²) in [6, 6.07) is 9.18. The van der Waals surface area contributed by atoms with Crippen molar-refractivity contribution in [1.29, 1.82) is 0 Å². The van der Waals surface area contributed by atoms with Gasteiger partial charge in [-0.25, -0.2) is 0 Å². The van der Waals surface area contributed by atoms with Crippen molar-refractivity contribution in [3.63, 3.8) is 0 Å². The van der Waals surface area contributed by atoms with E-state index < -0.39 is 0 Å². The maximum absolute atomic E-state index is 5.70. The molecule has 2 aliphatic heterocycles. The van der Waals surface area contributed by atoms with E-state index in [9.17, 15) is 0 Å². The van der Waals surface area contributed by atoms with Crippen LogP contribution >= 0.6 is 24.0 Å². The molecule has 0 spiro atoms. The van der Waals surface area contributed by atoms with Crippen molar-refractivity contribution >= 4 is 35.6 Å². The van der Waals surface area contributed by atoms with Gasteiger partial charge >= 0.3 is 0 Å². The number of rotatable bonds is 8. The number of para-hydroxylation sites is 1. The van der Waals surface area contributed by atoms with Crippen LogP contribution in [0.2, 0.25) is 0 Å². The van der Waals surface area contributed by atoms with Crippen LogP contribution in [0.3, 0.4) is 0 Å². The molecule has 1 aromatic carbocycles. The van der Waals surface area contributed by atoms with Crippen LogP contribution in [-0.4, -0.2) is 77.1 Å². The number of nitrogens with zero attached hydrogens (tertiary/aromatic N) is 3. The molecule has 1 N–H and O–H groups in total. The van der Waals surface area contributed by atoms with Gasteiger partial charge in [0.25, 0.3) is 0 Å². The average molecular weight is 502 g/mol. The van der Waals surface area contributed by atoms with Crippen molar-refractivity contribution in [1.82, 2.24) is 10.2 Å². The van der Waals surface area contributed by atoms with Gasteiger partial charge in [0, 0.05) is 58.0 Å². The lowest BCUT2D eigenvalue weighted by Crippen LogP contribution is -2.46. The van der Waals surface area contributed by atoms with E-state index >= 15 is 0 Å². The first kappa shape index (κ1) is 23.2. The zero-order chi connectivity index (χ0) is 19.1. The van der Waals surface area contributed by atoms with Crippen molar-refractivity contribution in [3.05, 3.63) is 29.8 Å². The summed E-state index contributed by atoms with van der Waals surface area (Å²) in [6.45, 7) is 8.48. The summed E-state index contributed by atoms with van der Waals surface area (Å²) >= 11 is 0. The second-order valence-corrected chi connectivity index (χ2v) is 7.52. The minimum atomic E-state index is 0. The van der Waals surface area contributed by atoms with Gasteiger partial charge in [0.05, 0.1) is 19.8 Å². The summed E-state index contributed by atoms with van der Waals surface area (Å²) in [5.74, 6) is 1.58. The number of halogens is 1. The molecule has 2 atom stereocenters. The van der Waals surface area contributed by atoms with Gasteiger partial charge in [-0.05, 0) is 31.4 Å². The Kier molecular flexibility index (Phi) is 9.81. The molecule has 28 heavy (non-hydrogen) atoms. The lowest BCUT2D eigenvalue weighted by atomic mass is 10.1. The van der Waals surface area contributed by atoms with Crippen LogP contribution in [-0.2, 0) is 15.9 Å². The Bertz CT molecular complexity index is 628. The predicted octanol–water partition coefficient (Wildman–Crippen LogP) is 2.62. The van der Waals surface area contributed by atoms with Gasteiger partial charge in [0.1, 0.15) is 0 Å². The fourth-order valence-corrected chi connectivity index (χ4v) is 4.06. The van der Waals surface area contributed by atoms with Gasteiger partial charge in [0.15, 0.2) is 5.96 Å². The van der Waals surface area contributed by atoms with E-state index in [2.05, 4.69) is 51.3 Å². The summed E-state index contributed by atoms with van der Waals surface area (Å²) in [5.41, 5.74) is 2.85. The number of aliphatic imine (C=N–C) groups is 1. The molecular weight excluding hydrogens is 467 g/mol. The number of fused-ring (bicyclic) bond motifs is 1. The van der Waals surface area contributed by atoms with E-state index in [1.807, 2.05) is 7.05 Å². The van der Waals surface area contributed by atoms with Gasteiger partial charge in [0.2, 0.25) is 0 Å². The largest absolute Gasteiger partial charge is 0.382 e. The van der Waals surface area contributed by atoms with Crippen LogP contribution in [0.25, 0.3) is 0 Å². The summed E-state index contributed by atoms with van der Waals surface area (Å²) in [7, 11) is 3.58. The molecule has 0 bridgehead atoms. The summed E-state index contributed by atoms with van der Waals surface area (Å²) in [5, 5.41) is 3.59. The Morgan fingerprint density at radius 2 is 2.11 bits per heavy atom. The lowest BCUT2D eigenvalue weighted by Gasteiger charge is -2.29. The number of likely N-dealkylation sites (tertiary alicyclic amines) is 1. The monoisotopic (exact) mass is 502 g/mol. The third-order valence-corrected chi connectivity index (χ3v) is 5.59. The van der Waals surface area contributed by atoms with Gasteiger partial charge in [-0.3, -0.25) is 4.99 Å². The number of hydrogen-bond donors (Lipinski definition) is 1. The zero-order valence-electron chi connectivity index (χ0n) is 17.4. The molecule has 2 heterocycles. The van der Waals surface area contributed by atoms with Gasteiger partial charge in [-0.2, -0.15) is 0 Å². The molecule has 7 heteroatoms. The van der Waals surface area contributed by atoms with Crippen molar-refractivity contribution in [2.75, 3.05) is 65.1 Å². The minimum Gasteiger partial charge on any atom is -0.382 e. The average Bonchev–Trinajstić information content (AvgIpc) is 3.33. The molecule has 1 fully saturated rings. The van der Waals surface area contributed by atoms with Crippen LogP contribution < -0.4 is 10.2 Å². The van der Waals surface area contributed by atoms with Crippen LogP contribution in [0, 0.1) is 5.92 Å². The first-order chi connectivity index (χ1) is 13.2. The number of ether oxygens (including phenoxy) is 2. The second kappa shape index (κ2) is 11.8. The number of guanidine groups is 1. The number of anilines is 1. The first-order valence-corrected chi connectivity index (χ1v) is 10.1. The molecule has 3 rings (SSSR count). The predicted molar refractivity (Wildman–Crippen MR) is 126 cm³/mol. The molecule has 2 aliphatic rings. The quantitative estimate of drug-likeness (QED) is 0.257. The van der Waals surface area contributed by atoms with Crippen molar-refractivity contribution < 1.29 is 9.47 Å². The Labute approximate surface area is 186 Å². The molecule has 0 aromatic heterocycles. The highest BCUT2D eigenvalue weighted by Gasteiger charge is 2.26. The van der Waals surface area contributed by atoms with Gasteiger partial charge < -0.3 is 24.6 Å². The molecule has 6 nitrogen and oxygen atoms in total. The Morgan fingerprint density at radius 1 is 1.29 bits per heavy atom. The summed E-state index contributed by atoms with van der Waals surface area (Å²) in [6.07, 6.45) is 2.30. The SMILES string of the molecule is CN=C(NCC(C)N1CCc2ccccc21)N1CCC(COCCOC)C1.I. The standard InChI is InChI=1S/C21H34N4O2.HI/c1-17(25-11-9-19-6-4-5-7-20(19)25)14-23-21(22-2)24-10-8-18(15-24)16-27-13-12-26-3;/h4-7,17-18H,8-16H2,1-3H3,(H,22,23);1H. The van der Waals surface area contributed by atoms with Crippen molar-refractivity contribution in [2.24, 2.45) is 10.9 Å². The molecule has 0 aliphatic carbocycles. The topological polar surface area (TPSA) is 49.3 Å². The summed E-state index contributed by atoms with van der Waals surface area (Å²) in [4.78, 5) is 9.37. The lowest BCUT2D eigenvalue weighted by molar-refractivity contribution is 0.0536. The van der Waals surface area contributed by atoms with E-state index in [4.69, 9.17) is 9.47 Å². The Balaban J connectivity index is 0.00000280. The van der Waals surface area contributed by atoms with Crippen molar-refractivity contribution in [3.8, 4) is 0 Å². The van der Waals surface area contributed by atoms with Crippen LogP contribution in [0.15, 0.2) is 29.3 Å². The maximum Gasteiger partial charge on any atom is 0.193 e. The third-order valence-electron chi connectivity index (χ3n) is 5.59. The molecule has 2 unspecified atom stereocenters.